The van der Waals surface area contributed by atoms with Crippen molar-refractivity contribution in [3.8, 4) is 0 Å². The van der Waals surface area contributed by atoms with E-state index in [1.807, 2.05) is 11.5 Å². The number of rotatable bonds is 4. The molecule has 0 aliphatic carbocycles. The molecule has 1 aromatic carbocycles. The van der Waals surface area contributed by atoms with Crippen molar-refractivity contribution >= 4 is 28.5 Å². The lowest BCUT2D eigenvalue weighted by Crippen LogP contribution is -2.25. The van der Waals surface area contributed by atoms with Crippen LogP contribution in [0.2, 0.25) is 0 Å². The highest BCUT2D eigenvalue weighted by molar-refractivity contribution is 6.20. The first-order valence-electron chi connectivity index (χ1n) is 6.03. The molecule has 0 saturated heterocycles. The molecule has 4 nitrogen and oxygen atoms in total. The van der Waals surface area contributed by atoms with Crippen LogP contribution in [-0.4, -0.2) is 22.0 Å². The van der Waals surface area contributed by atoms with Crippen molar-refractivity contribution in [2.24, 2.45) is 0 Å². The summed E-state index contributed by atoms with van der Waals surface area (Å²) in [5.74, 6) is 0.261. The van der Waals surface area contributed by atoms with Gasteiger partial charge in [-0.15, -0.1) is 11.6 Å². The Morgan fingerprint density at radius 1 is 1.58 bits per heavy atom. The number of amides is 1. The average molecular weight is 284 g/mol. The van der Waals surface area contributed by atoms with Gasteiger partial charge < -0.3 is 9.88 Å². The standard InChI is InChI=1S/C13H15ClFN3O/c1-8(14)13-17-11-7-10(15)3-4-12(11)18(13)6-5-16-9(2)19/h3-4,7-8H,5-6H2,1-2H3,(H,16,19). The number of hydrogen-bond donors (Lipinski definition) is 1. The number of carbonyl (C=O) groups is 1. The summed E-state index contributed by atoms with van der Waals surface area (Å²) in [6.45, 7) is 4.31. The van der Waals surface area contributed by atoms with Crippen molar-refractivity contribution in [1.29, 1.82) is 0 Å². The fraction of sp³-hybridized carbons (Fsp3) is 0.385. The van der Waals surface area contributed by atoms with Crippen molar-refractivity contribution in [2.45, 2.75) is 25.8 Å². The number of fused-ring (bicyclic) bond motifs is 1. The van der Waals surface area contributed by atoms with E-state index in [1.165, 1.54) is 19.1 Å². The molecule has 1 amide bonds. The van der Waals surface area contributed by atoms with Gasteiger partial charge in [-0.25, -0.2) is 9.37 Å². The van der Waals surface area contributed by atoms with Crippen molar-refractivity contribution in [1.82, 2.24) is 14.9 Å². The quantitative estimate of drug-likeness (QED) is 0.877. The van der Waals surface area contributed by atoms with Crippen molar-refractivity contribution in [3.63, 3.8) is 0 Å². The molecule has 0 bridgehead atoms. The monoisotopic (exact) mass is 283 g/mol. The number of hydrogen-bond acceptors (Lipinski definition) is 2. The van der Waals surface area contributed by atoms with Crippen molar-refractivity contribution < 1.29 is 9.18 Å². The summed E-state index contributed by atoms with van der Waals surface area (Å²) in [5.41, 5.74) is 1.39. The third-order valence-electron chi connectivity index (χ3n) is 2.80. The van der Waals surface area contributed by atoms with Gasteiger partial charge in [0, 0.05) is 26.1 Å². The van der Waals surface area contributed by atoms with Gasteiger partial charge in [0.1, 0.15) is 11.6 Å². The van der Waals surface area contributed by atoms with Gasteiger partial charge in [0.2, 0.25) is 5.91 Å². The lowest BCUT2D eigenvalue weighted by molar-refractivity contribution is -0.118. The largest absolute Gasteiger partial charge is 0.355 e. The molecule has 1 unspecified atom stereocenters. The van der Waals surface area contributed by atoms with Crippen molar-refractivity contribution in [3.05, 3.63) is 29.8 Å². The molecular weight excluding hydrogens is 269 g/mol. The predicted octanol–water partition coefficient (Wildman–Crippen LogP) is 2.61. The molecule has 1 aromatic heterocycles. The summed E-state index contributed by atoms with van der Waals surface area (Å²) >= 11 is 6.10. The predicted molar refractivity (Wildman–Crippen MR) is 72.6 cm³/mol. The molecule has 0 aliphatic heterocycles. The Kier molecular flexibility index (Phi) is 4.04. The number of benzene rings is 1. The Bertz CT molecular complexity index is 609. The number of aromatic nitrogens is 2. The van der Waals surface area contributed by atoms with Crippen LogP contribution in [0.1, 0.15) is 25.0 Å². The van der Waals surface area contributed by atoms with Crippen LogP contribution in [-0.2, 0) is 11.3 Å². The van der Waals surface area contributed by atoms with E-state index in [4.69, 9.17) is 11.6 Å². The number of nitrogens with one attached hydrogen (secondary N) is 1. The molecule has 0 spiro atoms. The zero-order valence-corrected chi connectivity index (χ0v) is 11.5. The smallest absolute Gasteiger partial charge is 0.216 e. The highest BCUT2D eigenvalue weighted by Crippen LogP contribution is 2.24. The Morgan fingerprint density at radius 3 is 2.95 bits per heavy atom. The summed E-state index contributed by atoms with van der Waals surface area (Å²) in [5, 5.41) is 2.44. The Balaban J connectivity index is 2.37. The van der Waals surface area contributed by atoms with Crippen LogP contribution in [0.5, 0.6) is 0 Å². The van der Waals surface area contributed by atoms with E-state index in [0.717, 1.165) is 5.52 Å². The van der Waals surface area contributed by atoms with Gasteiger partial charge >= 0.3 is 0 Å². The Morgan fingerprint density at radius 2 is 2.32 bits per heavy atom. The zero-order valence-electron chi connectivity index (χ0n) is 10.8. The van der Waals surface area contributed by atoms with Gasteiger partial charge in [-0.1, -0.05) is 0 Å². The molecule has 1 N–H and O–H groups in total. The number of carbonyl (C=O) groups excluding carboxylic acids is 1. The highest BCUT2D eigenvalue weighted by Gasteiger charge is 2.15. The zero-order chi connectivity index (χ0) is 14.0. The van der Waals surface area contributed by atoms with E-state index >= 15 is 0 Å². The maximum Gasteiger partial charge on any atom is 0.216 e. The minimum Gasteiger partial charge on any atom is -0.355 e. The minimum absolute atomic E-state index is 0.0871. The number of halogens is 2. The third kappa shape index (κ3) is 3.04. The van der Waals surface area contributed by atoms with Crippen LogP contribution in [0, 0.1) is 5.82 Å². The maximum atomic E-state index is 13.2. The fourth-order valence-electron chi connectivity index (χ4n) is 2.00. The molecular formula is C13H15ClFN3O. The van der Waals surface area contributed by atoms with Gasteiger partial charge in [0.05, 0.1) is 16.4 Å². The van der Waals surface area contributed by atoms with Crippen LogP contribution in [0.3, 0.4) is 0 Å². The van der Waals surface area contributed by atoms with E-state index in [1.54, 1.807) is 6.07 Å². The van der Waals surface area contributed by atoms with Crippen LogP contribution < -0.4 is 5.32 Å². The Hall–Kier alpha value is -1.62. The maximum absolute atomic E-state index is 13.2. The first-order chi connectivity index (χ1) is 8.99. The summed E-state index contributed by atoms with van der Waals surface area (Å²) in [6, 6.07) is 4.45. The first kappa shape index (κ1) is 13.8. The topological polar surface area (TPSA) is 46.9 Å². The van der Waals surface area contributed by atoms with E-state index in [9.17, 15) is 9.18 Å². The molecule has 19 heavy (non-hydrogen) atoms. The molecule has 1 heterocycles. The van der Waals surface area contributed by atoms with E-state index in [2.05, 4.69) is 10.3 Å². The van der Waals surface area contributed by atoms with Gasteiger partial charge in [-0.05, 0) is 19.1 Å². The SMILES string of the molecule is CC(=O)NCCn1c(C(C)Cl)nc2cc(F)ccc21. The van der Waals surface area contributed by atoms with Gasteiger partial charge in [0.15, 0.2) is 0 Å². The van der Waals surface area contributed by atoms with E-state index in [-0.39, 0.29) is 17.1 Å². The van der Waals surface area contributed by atoms with E-state index in [0.29, 0.717) is 24.4 Å². The van der Waals surface area contributed by atoms with Crippen LogP contribution >= 0.6 is 11.6 Å². The molecule has 2 rings (SSSR count). The molecule has 2 aromatic rings. The van der Waals surface area contributed by atoms with E-state index < -0.39 is 0 Å². The van der Waals surface area contributed by atoms with Crippen LogP contribution in [0.15, 0.2) is 18.2 Å². The lowest BCUT2D eigenvalue weighted by Gasteiger charge is -2.10. The van der Waals surface area contributed by atoms with Crippen molar-refractivity contribution in [2.75, 3.05) is 6.54 Å². The Labute approximate surface area is 115 Å². The van der Waals surface area contributed by atoms with Gasteiger partial charge in [-0.3, -0.25) is 4.79 Å². The lowest BCUT2D eigenvalue weighted by atomic mass is 10.3. The molecule has 102 valence electrons. The van der Waals surface area contributed by atoms with Crippen LogP contribution in [0.25, 0.3) is 11.0 Å². The highest BCUT2D eigenvalue weighted by atomic mass is 35.5. The second kappa shape index (κ2) is 5.57. The first-order valence-corrected chi connectivity index (χ1v) is 6.47. The third-order valence-corrected chi connectivity index (χ3v) is 3.00. The second-order valence-corrected chi connectivity index (χ2v) is 5.01. The van der Waals surface area contributed by atoms with Crippen LogP contribution in [0.4, 0.5) is 4.39 Å². The van der Waals surface area contributed by atoms with Gasteiger partial charge in [-0.2, -0.15) is 0 Å². The molecule has 0 radical (unpaired) electrons. The number of imidazole rings is 1. The molecule has 1 atom stereocenters. The summed E-state index contributed by atoms with van der Waals surface area (Å²) in [4.78, 5) is 15.2. The van der Waals surface area contributed by atoms with Gasteiger partial charge in [0.25, 0.3) is 0 Å². The molecule has 6 heteroatoms. The fourth-order valence-corrected chi connectivity index (χ4v) is 2.17. The summed E-state index contributed by atoms with van der Waals surface area (Å²) < 4.78 is 15.1. The molecule has 0 saturated carbocycles. The normalized spacial score (nSPS) is 12.6. The molecule has 0 fully saturated rings. The number of nitrogens with zero attached hydrogens (tertiary/aromatic N) is 2. The number of alkyl halides is 1. The second-order valence-electron chi connectivity index (χ2n) is 4.35. The summed E-state index contributed by atoms with van der Waals surface area (Å²) in [6.07, 6.45) is 0. The molecule has 0 aliphatic rings. The minimum atomic E-state index is -0.326. The average Bonchev–Trinajstić information content (AvgIpc) is 2.67. The summed E-state index contributed by atoms with van der Waals surface area (Å²) in [7, 11) is 0.